The van der Waals surface area contributed by atoms with E-state index in [2.05, 4.69) is 10.6 Å². The lowest BCUT2D eigenvalue weighted by molar-refractivity contribution is -0.125. The zero-order chi connectivity index (χ0) is 18.9. The van der Waals surface area contributed by atoms with Crippen LogP contribution >= 0.6 is 0 Å². The molecule has 0 atom stereocenters. The topological polar surface area (TPSA) is 76.7 Å². The number of benzene rings is 2. The lowest BCUT2D eigenvalue weighted by Crippen LogP contribution is -2.44. The normalized spacial score (nSPS) is 17.7. The molecule has 0 saturated carbocycles. The summed E-state index contributed by atoms with van der Waals surface area (Å²) in [4.78, 5) is 24.9. The molecule has 2 aromatic rings. The first kappa shape index (κ1) is 17.5. The van der Waals surface area contributed by atoms with E-state index in [9.17, 15) is 9.59 Å². The molecule has 1 saturated heterocycles. The van der Waals surface area contributed by atoms with Crippen molar-refractivity contribution in [3.63, 3.8) is 0 Å². The van der Waals surface area contributed by atoms with Crippen LogP contribution in [0.25, 0.3) is 0 Å². The SMILES string of the molecule is COc1ccc(C2(C(=O)Nc3ccc4c(c3)CC(=O)N4)CCOCC2)cc1. The van der Waals surface area contributed by atoms with Crippen LogP contribution in [0.2, 0.25) is 0 Å². The van der Waals surface area contributed by atoms with Gasteiger partial charge in [-0.1, -0.05) is 12.1 Å². The van der Waals surface area contributed by atoms with Crippen molar-refractivity contribution in [2.45, 2.75) is 24.7 Å². The summed E-state index contributed by atoms with van der Waals surface area (Å²) in [6.45, 7) is 1.09. The van der Waals surface area contributed by atoms with Crippen LogP contribution in [0.5, 0.6) is 5.75 Å². The summed E-state index contributed by atoms with van der Waals surface area (Å²) < 4.78 is 10.8. The molecule has 0 aromatic heterocycles. The maximum absolute atomic E-state index is 13.3. The van der Waals surface area contributed by atoms with Gasteiger partial charge >= 0.3 is 0 Å². The monoisotopic (exact) mass is 366 g/mol. The van der Waals surface area contributed by atoms with E-state index >= 15 is 0 Å². The van der Waals surface area contributed by atoms with Crippen molar-refractivity contribution in [2.75, 3.05) is 31.0 Å². The van der Waals surface area contributed by atoms with Gasteiger partial charge in [-0.25, -0.2) is 0 Å². The highest BCUT2D eigenvalue weighted by atomic mass is 16.5. The Morgan fingerprint density at radius 3 is 2.59 bits per heavy atom. The zero-order valence-electron chi connectivity index (χ0n) is 15.2. The van der Waals surface area contributed by atoms with Crippen LogP contribution in [0, 0.1) is 0 Å². The van der Waals surface area contributed by atoms with Gasteiger partial charge in [0.2, 0.25) is 11.8 Å². The molecule has 1 fully saturated rings. The third-order valence-corrected chi connectivity index (χ3v) is 5.41. The smallest absolute Gasteiger partial charge is 0.235 e. The molecular weight excluding hydrogens is 344 g/mol. The molecule has 6 nitrogen and oxygen atoms in total. The summed E-state index contributed by atoms with van der Waals surface area (Å²) in [5.41, 5.74) is 2.74. The average Bonchev–Trinajstić information content (AvgIpc) is 3.08. The van der Waals surface area contributed by atoms with Crippen molar-refractivity contribution in [1.82, 2.24) is 0 Å². The molecule has 2 N–H and O–H groups in total. The zero-order valence-corrected chi connectivity index (χ0v) is 15.2. The predicted molar refractivity (Wildman–Crippen MR) is 102 cm³/mol. The molecule has 6 heteroatoms. The summed E-state index contributed by atoms with van der Waals surface area (Å²) in [6.07, 6.45) is 1.59. The molecule has 27 heavy (non-hydrogen) atoms. The van der Waals surface area contributed by atoms with Gasteiger partial charge in [-0.2, -0.15) is 0 Å². The average molecular weight is 366 g/mol. The molecule has 2 aliphatic rings. The van der Waals surface area contributed by atoms with Gasteiger partial charge in [0.15, 0.2) is 0 Å². The van der Waals surface area contributed by atoms with Crippen molar-refractivity contribution >= 4 is 23.2 Å². The van der Waals surface area contributed by atoms with Crippen LogP contribution in [0.1, 0.15) is 24.0 Å². The molecule has 2 amide bonds. The molecule has 2 aliphatic heterocycles. The second-order valence-electron chi connectivity index (χ2n) is 6.97. The Balaban J connectivity index is 1.61. The number of rotatable bonds is 4. The van der Waals surface area contributed by atoms with Crippen LogP contribution in [-0.4, -0.2) is 32.1 Å². The van der Waals surface area contributed by atoms with Gasteiger partial charge in [-0.05, 0) is 54.3 Å². The van der Waals surface area contributed by atoms with Gasteiger partial charge < -0.3 is 20.1 Å². The molecule has 0 spiro atoms. The third-order valence-electron chi connectivity index (χ3n) is 5.41. The van der Waals surface area contributed by atoms with E-state index in [0.717, 1.165) is 22.6 Å². The molecule has 0 bridgehead atoms. The number of methoxy groups -OCH3 is 1. The van der Waals surface area contributed by atoms with E-state index in [1.807, 2.05) is 42.5 Å². The summed E-state index contributed by atoms with van der Waals surface area (Å²) in [5, 5.41) is 5.86. The molecule has 0 radical (unpaired) electrons. The second kappa shape index (κ2) is 7.04. The molecule has 2 aromatic carbocycles. The molecule has 0 unspecified atom stereocenters. The van der Waals surface area contributed by atoms with Gasteiger partial charge in [-0.3, -0.25) is 9.59 Å². The largest absolute Gasteiger partial charge is 0.497 e. The number of nitrogens with one attached hydrogen (secondary N) is 2. The number of carbonyl (C=O) groups is 2. The van der Waals surface area contributed by atoms with Crippen LogP contribution in [0.3, 0.4) is 0 Å². The highest BCUT2D eigenvalue weighted by molar-refractivity contribution is 6.02. The first-order chi connectivity index (χ1) is 13.1. The summed E-state index contributed by atoms with van der Waals surface area (Å²) >= 11 is 0. The Bertz CT molecular complexity index is 870. The van der Waals surface area contributed by atoms with E-state index in [1.165, 1.54) is 0 Å². The Kier molecular flexibility index (Phi) is 4.58. The standard InChI is InChI=1S/C21H22N2O4/c1-26-17-5-2-15(3-6-17)21(8-10-27-11-9-21)20(25)22-16-4-7-18-14(12-16)13-19(24)23-18/h2-7,12H,8-11,13H2,1H3,(H,22,25)(H,23,24). The third kappa shape index (κ3) is 3.28. The highest BCUT2D eigenvalue weighted by Gasteiger charge is 2.41. The number of ether oxygens (including phenoxy) is 2. The van der Waals surface area contributed by atoms with Crippen molar-refractivity contribution in [3.05, 3.63) is 53.6 Å². The minimum Gasteiger partial charge on any atom is -0.497 e. The fourth-order valence-corrected chi connectivity index (χ4v) is 3.83. The molecule has 4 rings (SSSR count). The quantitative estimate of drug-likeness (QED) is 0.872. The fraction of sp³-hybridized carbons (Fsp3) is 0.333. The van der Waals surface area contributed by atoms with Crippen molar-refractivity contribution in [3.8, 4) is 5.75 Å². The fourth-order valence-electron chi connectivity index (χ4n) is 3.83. The molecule has 2 heterocycles. The Morgan fingerprint density at radius 2 is 1.89 bits per heavy atom. The first-order valence-electron chi connectivity index (χ1n) is 9.07. The lowest BCUT2D eigenvalue weighted by atomic mass is 9.73. The minimum absolute atomic E-state index is 0.0207. The van der Waals surface area contributed by atoms with Crippen molar-refractivity contribution in [2.24, 2.45) is 0 Å². The Hall–Kier alpha value is -2.86. The number of carbonyl (C=O) groups excluding carboxylic acids is 2. The van der Waals surface area contributed by atoms with Gasteiger partial charge in [-0.15, -0.1) is 0 Å². The molecular formula is C21H22N2O4. The van der Waals surface area contributed by atoms with Crippen molar-refractivity contribution in [1.29, 1.82) is 0 Å². The first-order valence-corrected chi connectivity index (χ1v) is 9.07. The summed E-state index contributed by atoms with van der Waals surface area (Å²) in [5.74, 6) is 0.693. The minimum atomic E-state index is -0.641. The van der Waals surface area contributed by atoms with E-state index < -0.39 is 5.41 Å². The van der Waals surface area contributed by atoms with Crippen LogP contribution in [0.4, 0.5) is 11.4 Å². The van der Waals surface area contributed by atoms with Crippen LogP contribution in [0.15, 0.2) is 42.5 Å². The van der Waals surface area contributed by atoms with Crippen molar-refractivity contribution < 1.29 is 19.1 Å². The molecule has 140 valence electrons. The van der Waals surface area contributed by atoms with Gasteiger partial charge in [0.1, 0.15) is 5.75 Å². The molecule has 0 aliphatic carbocycles. The maximum atomic E-state index is 13.3. The Labute approximate surface area is 157 Å². The van der Waals surface area contributed by atoms with Gasteiger partial charge in [0, 0.05) is 24.6 Å². The number of anilines is 2. The number of amides is 2. The van der Waals surface area contributed by atoms with Crippen LogP contribution < -0.4 is 15.4 Å². The van der Waals surface area contributed by atoms with Gasteiger partial charge in [0.05, 0.1) is 18.9 Å². The summed E-state index contributed by atoms with van der Waals surface area (Å²) in [6, 6.07) is 13.2. The maximum Gasteiger partial charge on any atom is 0.235 e. The number of fused-ring (bicyclic) bond motifs is 1. The number of hydrogen-bond acceptors (Lipinski definition) is 4. The van der Waals surface area contributed by atoms with E-state index in [-0.39, 0.29) is 11.8 Å². The summed E-state index contributed by atoms with van der Waals surface area (Å²) in [7, 11) is 1.62. The van der Waals surface area contributed by atoms with E-state index in [1.54, 1.807) is 7.11 Å². The van der Waals surface area contributed by atoms with Gasteiger partial charge in [0.25, 0.3) is 0 Å². The van der Waals surface area contributed by atoms with Crippen LogP contribution in [-0.2, 0) is 26.2 Å². The lowest BCUT2D eigenvalue weighted by Gasteiger charge is -2.36. The number of hydrogen-bond donors (Lipinski definition) is 2. The predicted octanol–water partition coefficient (Wildman–Crippen LogP) is 2.88. The van der Waals surface area contributed by atoms with E-state index in [4.69, 9.17) is 9.47 Å². The second-order valence-corrected chi connectivity index (χ2v) is 6.97. The van der Waals surface area contributed by atoms with E-state index in [0.29, 0.717) is 38.2 Å². The Morgan fingerprint density at radius 1 is 1.15 bits per heavy atom. The highest BCUT2D eigenvalue weighted by Crippen LogP contribution is 2.37.